The van der Waals surface area contributed by atoms with Crippen LogP contribution in [0.15, 0.2) is 0 Å². The fraction of sp³-hybridized carbons (Fsp3) is 0.812. The van der Waals surface area contributed by atoms with Gasteiger partial charge in [-0.1, -0.05) is 34.1 Å². The zero-order chi connectivity index (χ0) is 15.7. The van der Waals surface area contributed by atoms with Gasteiger partial charge in [-0.15, -0.1) is 0 Å². The van der Waals surface area contributed by atoms with Crippen molar-refractivity contribution in [1.82, 2.24) is 15.0 Å². The van der Waals surface area contributed by atoms with Gasteiger partial charge in [0, 0.05) is 12.0 Å². The average molecular weight is 292 g/mol. The predicted octanol–water partition coefficient (Wildman–Crippen LogP) is 3.19. The molecule has 0 aliphatic heterocycles. The van der Waals surface area contributed by atoms with E-state index in [-0.39, 0.29) is 5.41 Å². The molecule has 2 N–H and O–H groups in total. The molecule has 1 aliphatic rings. The van der Waals surface area contributed by atoms with Crippen molar-refractivity contribution in [2.24, 2.45) is 5.92 Å². The SMILES string of the molecule is CCOC1(c2nc(N)nc(C(C)(C)C)n2)CCCC(C)C1. The summed E-state index contributed by atoms with van der Waals surface area (Å²) in [6.07, 6.45) is 4.28. The van der Waals surface area contributed by atoms with Gasteiger partial charge in [0.2, 0.25) is 5.95 Å². The molecule has 0 bridgehead atoms. The number of anilines is 1. The molecule has 0 amide bonds. The Balaban J connectivity index is 2.47. The molecular weight excluding hydrogens is 264 g/mol. The van der Waals surface area contributed by atoms with Crippen molar-refractivity contribution in [2.75, 3.05) is 12.3 Å². The fourth-order valence-electron chi connectivity index (χ4n) is 3.11. The summed E-state index contributed by atoms with van der Waals surface area (Å²) in [5.74, 6) is 2.36. The number of ether oxygens (including phenoxy) is 1. The van der Waals surface area contributed by atoms with Gasteiger partial charge in [0.05, 0.1) is 0 Å². The second-order valence-electron chi connectivity index (χ2n) is 7.22. The number of rotatable bonds is 3. The lowest BCUT2D eigenvalue weighted by Crippen LogP contribution is -2.38. The number of hydrogen-bond acceptors (Lipinski definition) is 5. The molecule has 1 aromatic rings. The van der Waals surface area contributed by atoms with Crippen LogP contribution in [0.1, 0.15) is 72.0 Å². The molecule has 0 aromatic carbocycles. The van der Waals surface area contributed by atoms with Gasteiger partial charge in [0.25, 0.3) is 0 Å². The minimum absolute atomic E-state index is 0.153. The Labute approximate surface area is 127 Å². The summed E-state index contributed by atoms with van der Waals surface area (Å²) in [4.78, 5) is 13.5. The monoisotopic (exact) mass is 292 g/mol. The van der Waals surface area contributed by atoms with E-state index < -0.39 is 5.60 Å². The third kappa shape index (κ3) is 3.51. The van der Waals surface area contributed by atoms with Crippen molar-refractivity contribution in [3.63, 3.8) is 0 Å². The van der Waals surface area contributed by atoms with Gasteiger partial charge in [-0.25, -0.2) is 4.98 Å². The summed E-state index contributed by atoms with van der Waals surface area (Å²) in [6.45, 7) is 11.2. The minimum Gasteiger partial charge on any atom is -0.368 e. The van der Waals surface area contributed by atoms with Gasteiger partial charge in [-0.2, -0.15) is 9.97 Å². The average Bonchev–Trinajstić information content (AvgIpc) is 2.37. The second kappa shape index (κ2) is 5.87. The second-order valence-corrected chi connectivity index (χ2v) is 7.22. The van der Waals surface area contributed by atoms with Crippen LogP contribution in [-0.2, 0) is 15.8 Å². The molecule has 5 heteroatoms. The first-order chi connectivity index (χ1) is 9.77. The third-order valence-electron chi connectivity index (χ3n) is 4.11. The summed E-state index contributed by atoms with van der Waals surface area (Å²) in [7, 11) is 0. The van der Waals surface area contributed by atoms with Crippen molar-refractivity contribution in [3.05, 3.63) is 11.6 Å². The molecule has 1 saturated carbocycles. The molecule has 21 heavy (non-hydrogen) atoms. The minimum atomic E-state index is -0.399. The molecule has 2 rings (SSSR count). The van der Waals surface area contributed by atoms with Gasteiger partial charge in [-0.3, -0.25) is 0 Å². The van der Waals surface area contributed by atoms with E-state index in [0.29, 0.717) is 24.3 Å². The van der Waals surface area contributed by atoms with Crippen molar-refractivity contribution >= 4 is 5.95 Å². The number of nitrogens with two attached hydrogens (primary N) is 1. The largest absolute Gasteiger partial charge is 0.368 e. The Morgan fingerprint density at radius 1 is 1.29 bits per heavy atom. The Kier molecular flexibility index (Phi) is 4.51. The summed E-state index contributed by atoms with van der Waals surface area (Å²) >= 11 is 0. The maximum absolute atomic E-state index is 6.14. The van der Waals surface area contributed by atoms with Gasteiger partial charge < -0.3 is 10.5 Å². The highest BCUT2D eigenvalue weighted by Gasteiger charge is 2.41. The van der Waals surface area contributed by atoms with Crippen LogP contribution in [-0.4, -0.2) is 21.6 Å². The first-order valence-electron chi connectivity index (χ1n) is 7.93. The van der Waals surface area contributed by atoms with E-state index in [4.69, 9.17) is 15.5 Å². The summed E-state index contributed by atoms with van der Waals surface area (Å²) < 4.78 is 6.14. The van der Waals surface area contributed by atoms with Gasteiger partial charge in [0.15, 0.2) is 5.82 Å². The zero-order valence-corrected chi connectivity index (χ0v) is 13.9. The van der Waals surface area contributed by atoms with E-state index in [2.05, 4.69) is 37.7 Å². The van der Waals surface area contributed by atoms with Crippen LogP contribution in [0.5, 0.6) is 0 Å². The lowest BCUT2D eigenvalue weighted by molar-refractivity contribution is -0.0883. The van der Waals surface area contributed by atoms with Crippen LogP contribution in [0.4, 0.5) is 5.95 Å². The normalized spacial score (nSPS) is 26.8. The first kappa shape index (κ1) is 16.1. The Hall–Kier alpha value is -1.23. The van der Waals surface area contributed by atoms with E-state index in [0.717, 1.165) is 25.1 Å². The van der Waals surface area contributed by atoms with E-state index in [1.807, 2.05) is 6.92 Å². The summed E-state index contributed by atoms with van der Waals surface area (Å²) in [5.41, 5.74) is 5.38. The lowest BCUT2D eigenvalue weighted by atomic mass is 9.78. The van der Waals surface area contributed by atoms with Crippen LogP contribution >= 0.6 is 0 Å². The standard InChI is InChI=1S/C16H28N4O/c1-6-21-16(9-7-8-11(2)10-16)13-18-12(15(3,4)5)19-14(17)20-13/h11H,6-10H2,1-5H3,(H2,17,18,19,20). The lowest BCUT2D eigenvalue weighted by Gasteiger charge is -2.38. The maximum Gasteiger partial charge on any atom is 0.223 e. The molecule has 2 unspecified atom stereocenters. The molecule has 1 aliphatic carbocycles. The van der Waals surface area contributed by atoms with Crippen LogP contribution in [0.3, 0.4) is 0 Å². The molecule has 2 atom stereocenters. The van der Waals surface area contributed by atoms with Gasteiger partial charge in [-0.05, 0) is 32.1 Å². The smallest absolute Gasteiger partial charge is 0.223 e. The summed E-state index contributed by atoms with van der Waals surface area (Å²) in [5, 5.41) is 0. The molecule has 118 valence electrons. The molecule has 1 heterocycles. The molecule has 1 aromatic heterocycles. The molecule has 1 fully saturated rings. The van der Waals surface area contributed by atoms with Crippen molar-refractivity contribution < 1.29 is 4.74 Å². The highest BCUT2D eigenvalue weighted by Crippen LogP contribution is 2.42. The molecular formula is C16H28N4O. The Bertz CT molecular complexity index is 494. The van der Waals surface area contributed by atoms with Crippen molar-refractivity contribution in [3.8, 4) is 0 Å². The zero-order valence-electron chi connectivity index (χ0n) is 13.9. The third-order valence-corrected chi connectivity index (χ3v) is 4.11. The Morgan fingerprint density at radius 2 is 2.00 bits per heavy atom. The molecule has 0 saturated heterocycles. The van der Waals surface area contributed by atoms with E-state index in [9.17, 15) is 0 Å². The summed E-state index contributed by atoms with van der Waals surface area (Å²) in [6, 6.07) is 0. The Morgan fingerprint density at radius 3 is 2.57 bits per heavy atom. The topological polar surface area (TPSA) is 73.9 Å². The molecule has 5 nitrogen and oxygen atoms in total. The number of nitrogens with zero attached hydrogens (tertiary/aromatic N) is 3. The predicted molar refractivity (Wildman–Crippen MR) is 83.9 cm³/mol. The van der Waals surface area contributed by atoms with Crippen LogP contribution in [0, 0.1) is 5.92 Å². The van der Waals surface area contributed by atoms with Crippen molar-refractivity contribution in [2.45, 2.75) is 71.3 Å². The van der Waals surface area contributed by atoms with E-state index in [1.54, 1.807) is 0 Å². The first-order valence-corrected chi connectivity index (χ1v) is 7.93. The molecule has 0 spiro atoms. The molecule has 0 radical (unpaired) electrons. The number of aromatic nitrogens is 3. The van der Waals surface area contributed by atoms with E-state index >= 15 is 0 Å². The van der Waals surface area contributed by atoms with E-state index in [1.165, 1.54) is 6.42 Å². The quantitative estimate of drug-likeness (QED) is 0.926. The highest BCUT2D eigenvalue weighted by molar-refractivity contribution is 5.22. The van der Waals surface area contributed by atoms with Gasteiger partial charge in [0.1, 0.15) is 11.4 Å². The van der Waals surface area contributed by atoms with Crippen LogP contribution < -0.4 is 5.73 Å². The maximum atomic E-state index is 6.14. The van der Waals surface area contributed by atoms with Crippen LogP contribution in [0.25, 0.3) is 0 Å². The fourth-order valence-corrected chi connectivity index (χ4v) is 3.11. The van der Waals surface area contributed by atoms with Crippen molar-refractivity contribution in [1.29, 1.82) is 0 Å². The number of nitrogen functional groups attached to an aromatic ring is 1. The van der Waals surface area contributed by atoms with Gasteiger partial charge >= 0.3 is 0 Å². The number of hydrogen-bond donors (Lipinski definition) is 1. The highest BCUT2D eigenvalue weighted by atomic mass is 16.5. The van der Waals surface area contributed by atoms with Crippen LogP contribution in [0.2, 0.25) is 0 Å².